The standard InChI is InChI=1S/C46H55NO14/c1-11-56-35(33(27-18-14-12-15-19-27)47-41(52)61-42(3,4)5)40(51)58-29-22-30-34(55-10)37(49)44(8)31(54-9)23-32-45(25-57-32,60-26(2)48)36(44)38(46(53,24-29)43(30,6)7)59-39(50)28-20-16-13-17-21-28/h1,12-22,29,31-36,38,53H,23-25H2,2-10H3,(H,47,52)/t29-,31+,32-,33+,34-,35-,36?,38+,44-,45+,46?/m1/s1. The molecule has 1 aliphatic heterocycles. The van der Waals surface area contributed by atoms with Crippen molar-refractivity contribution in [3.63, 3.8) is 0 Å². The van der Waals surface area contributed by atoms with E-state index in [0.29, 0.717) is 5.56 Å². The fourth-order valence-electron chi connectivity index (χ4n) is 9.79. The summed E-state index contributed by atoms with van der Waals surface area (Å²) in [6.07, 6.45) is 0.256. The Bertz CT molecular complexity index is 2070. The summed E-state index contributed by atoms with van der Waals surface area (Å²) >= 11 is 0. The number of amides is 1. The molecule has 2 aromatic carbocycles. The van der Waals surface area contributed by atoms with Crippen LogP contribution in [0.25, 0.3) is 0 Å². The largest absolute Gasteiger partial charge is 0.455 e. The van der Waals surface area contributed by atoms with Crippen molar-refractivity contribution in [1.82, 2.24) is 5.32 Å². The maximum absolute atomic E-state index is 15.5. The van der Waals surface area contributed by atoms with Crippen LogP contribution in [0.5, 0.6) is 0 Å². The number of alkyl carbamates (subject to hydrolysis) is 1. The zero-order chi connectivity index (χ0) is 44.7. The molecule has 0 radical (unpaired) electrons. The fourth-order valence-corrected chi connectivity index (χ4v) is 9.79. The molecular formula is C46H55NO14. The molecule has 1 amide bonds. The second-order valence-corrected chi connectivity index (χ2v) is 17.8. The first-order valence-electron chi connectivity index (χ1n) is 20.2. The number of hydrogen-bond donors (Lipinski definition) is 2. The first-order chi connectivity index (χ1) is 28.7. The lowest BCUT2D eigenvalue weighted by molar-refractivity contribution is -0.347. The lowest BCUT2D eigenvalue weighted by atomic mass is 9.45. The minimum Gasteiger partial charge on any atom is -0.455 e. The van der Waals surface area contributed by atoms with Crippen LogP contribution < -0.4 is 5.32 Å². The first-order valence-corrected chi connectivity index (χ1v) is 20.2. The Morgan fingerprint density at radius 3 is 2.15 bits per heavy atom. The van der Waals surface area contributed by atoms with Gasteiger partial charge >= 0.3 is 24.0 Å². The summed E-state index contributed by atoms with van der Waals surface area (Å²) in [6.45, 7) is 11.1. The summed E-state index contributed by atoms with van der Waals surface area (Å²) in [6, 6.07) is 15.3. The van der Waals surface area contributed by atoms with Gasteiger partial charge in [-0.25, -0.2) is 14.4 Å². The van der Waals surface area contributed by atoms with Crippen molar-refractivity contribution in [3.8, 4) is 12.5 Å². The zero-order valence-corrected chi connectivity index (χ0v) is 35.9. The molecule has 2 saturated carbocycles. The summed E-state index contributed by atoms with van der Waals surface area (Å²) in [5.74, 6) is -4.40. The number of nitrogens with one attached hydrogen (secondary N) is 1. The molecule has 1 saturated heterocycles. The second-order valence-electron chi connectivity index (χ2n) is 17.8. The van der Waals surface area contributed by atoms with Gasteiger partial charge in [-0.1, -0.05) is 68.8 Å². The number of benzene rings is 2. The van der Waals surface area contributed by atoms with E-state index in [1.54, 1.807) is 102 Å². The van der Waals surface area contributed by atoms with Crippen molar-refractivity contribution in [2.45, 2.75) is 121 Å². The van der Waals surface area contributed by atoms with Crippen LogP contribution in [0.4, 0.5) is 4.79 Å². The number of esters is 3. The molecule has 328 valence electrons. The van der Waals surface area contributed by atoms with Crippen LogP contribution in [-0.4, -0.2) is 109 Å². The smallest absolute Gasteiger partial charge is 0.408 e. The molecular weight excluding hydrogens is 790 g/mol. The van der Waals surface area contributed by atoms with Gasteiger partial charge in [0.25, 0.3) is 0 Å². The Balaban J connectivity index is 1.52. The van der Waals surface area contributed by atoms with Crippen LogP contribution in [-0.2, 0) is 52.3 Å². The maximum Gasteiger partial charge on any atom is 0.408 e. The Morgan fingerprint density at radius 1 is 0.967 bits per heavy atom. The van der Waals surface area contributed by atoms with E-state index in [1.165, 1.54) is 27.2 Å². The maximum atomic E-state index is 15.5. The zero-order valence-electron chi connectivity index (χ0n) is 35.9. The summed E-state index contributed by atoms with van der Waals surface area (Å²) in [4.78, 5) is 70.5. The van der Waals surface area contributed by atoms with Crippen LogP contribution >= 0.6 is 0 Å². The minimum atomic E-state index is -2.21. The van der Waals surface area contributed by atoms with Crippen molar-refractivity contribution in [2.75, 3.05) is 20.8 Å². The van der Waals surface area contributed by atoms with Crippen LogP contribution in [0, 0.1) is 29.3 Å². The average Bonchev–Trinajstić information content (AvgIpc) is 3.19. The molecule has 2 bridgehead atoms. The summed E-state index contributed by atoms with van der Waals surface area (Å²) in [7, 11) is 2.78. The number of methoxy groups -OCH3 is 2. The van der Waals surface area contributed by atoms with Gasteiger partial charge in [0, 0.05) is 39.4 Å². The van der Waals surface area contributed by atoms with Crippen molar-refractivity contribution in [1.29, 1.82) is 0 Å². The van der Waals surface area contributed by atoms with E-state index >= 15 is 4.79 Å². The number of carbonyl (C=O) groups is 5. The van der Waals surface area contributed by atoms with E-state index in [-0.39, 0.29) is 24.2 Å². The topological polar surface area (TPSA) is 191 Å². The normalized spacial score (nSPS) is 32.2. The van der Waals surface area contributed by atoms with Crippen molar-refractivity contribution in [3.05, 3.63) is 83.4 Å². The van der Waals surface area contributed by atoms with Gasteiger partial charge in [-0.2, -0.15) is 0 Å². The van der Waals surface area contributed by atoms with Gasteiger partial charge in [0.05, 0.1) is 29.6 Å². The van der Waals surface area contributed by atoms with Crippen molar-refractivity contribution in [2.24, 2.45) is 16.7 Å². The highest BCUT2D eigenvalue weighted by Crippen LogP contribution is 2.64. The molecule has 2 N–H and O–H groups in total. The van der Waals surface area contributed by atoms with Gasteiger partial charge in [-0.05, 0) is 57.0 Å². The molecule has 2 unspecified atom stereocenters. The highest BCUT2D eigenvalue weighted by Gasteiger charge is 2.78. The Morgan fingerprint density at radius 2 is 1.61 bits per heavy atom. The van der Waals surface area contributed by atoms with Crippen molar-refractivity contribution >= 4 is 29.8 Å². The molecule has 61 heavy (non-hydrogen) atoms. The highest BCUT2D eigenvalue weighted by atomic mass is 16.6. The number of ether oxygens (including phenoxy) is 8. The number of terminal acetylenes is 1. The van der Waals surface area contributed by atoms with E-state index in [1.807, 2.05) is 6.11 Å². The Kier molecular flexibility index (Phi) is 12.5. The van der Waals surface area contributed by atoms with Crippen LogP contribution in [0.1, 0.15) is 83.3 Å². The molecule has 3 fully saturated rings. The molecule has 4 aliphatic rings. The van der Waals surface area contributed by atoms with E-state index in [9.17, 15) is 24.3 Å². The predicted molar refractivity (Wildman–Crippen MR) is 216 cm³/mol. The molecule has 3 aliphatic carbocycles. The first kappa shape index (κ1) is 45.3. The number of rotatable bonds is 11. The number of hydrogen-bond acceptors (Lipinski definition) is 14. The average molecular weight is 846 g/mol. The molecule has 11 atom stereocenters. The lowest BCUT2D eigenvalue weighted by Gasteiger charge is -2.67. The van der Waals surface area contributed by atoms with Gasteiger partial charge in [-0.15, -0.1) is 0 Å². The van der Waals surface area contributed by atoms with E-state index in [4.69, 9.17) is 44.3 Å². The Hall–Kier alpha value is -5.27. The summed E-state index contributed by atoms with van der Waals surface area (Å²) < 4.78 is 48.0. The number of Topliss-reactive ketones (excluding diaryl/α,β-unsaturated/α-hetero) is 1. The van der Waals surface area contributed by atoms with Crippen LogP contribution in [0.15, 0.2) is 72.3 Å². The number of aliphatic hydroxyl groups is 1. The minimum absolute atomic E-state index is 0.121. The Labute approximate surface area is 355 Å². The third-order valence-electron chi connectivity index (χ3n) is 12.8. The molecule has 0 spiro atoms. The van der Waals surface area contributed by atoms with E-state index in [2.05, 4.69) is 5.32 Å². The second kappa shape index (κ2) is 16.9. The molecule has 15 nitrogen and oxygen atoms in total. The molecule has 15 heteroatoms. The van der Waals surface area contributed by atoms with Gasteiger partial charge in [-0.3, -0.25) is 9.59 Å². The fraction of sp³-hybridized carbons (Fsp3) is 0.543. The number of fused-ring (bicyclic) bond motifs is 5. The quantitative estimate of drug-likeness (QED) is 0.136. The molecule has 1 heterocycles. The summed E-state index contributed by atoms with van der Waals surface area (Å²) in [5.41, 5.74) is -7.03. The van der Waals surface area contributed by atoms with Gasteiger partial charge in [0.15, 0.2) is 11.4 Å². The summed E-state index contributed by atoms with van der Waals surface area (Å²) in [5, 5.41) is 16.4. The van der Waals surface area contributed by atoms with Gasteiger partial charge in [0.1, 0.15) is 47.8 Å². The molecule has 0 aromatic heterocycles. The van der Waals surface area contributed by atoms with E-state index in [0.717, 1.165) is 0 Å². The monoisotopic (exact) mass is 845 g/mol. The predicted octanol–water partition coefficient (Wildman–Crippen LogP) is 4.79. The highest BCUT2D eigenvalue weighted by molar-refractivity contribution is 5.94. The van der Waals surface area contributed by atoms with Gasteiger partial charge < -0.3 is 48.3 Å². The van der Waals surface area contributed by atoms with Crippen LogP contribution in [0.2, 0.25) is 0 Å². The van der Waals surface area contributed by atoms with Gasteiger partial charge in [0.2, 0.25) is 6.10 Å². The van der Waals surface area contributed by atoms with Crippen LogP contribution in [0.3, 0.4) is 0 Å². The van der Waals surface area contributed by atoms with Crippen molar-refractivity contribution < 1.29 is 67.0 Å². The number of carbonyl (C=O) groups excluding carboxylic acids is 5. The number of ketones is 1. The molecule has 6 rings (SSSR count). The molecule has 2 aromatic rings. The van der Waals surface area contributed by atoms with E-state index < -0.39 is 112 Å². The third kappa shape index (κ3) is 8.02. The lowest BCUT2D eigenvalue weighted by Crippen LogP contribution is -2.81. The SMILES string of the molecule is C#CO[C@@H](C(=O)O[C@@H]1C=C2[C@@H](OC)C(=O)[C@@]3(C)C([C@H](OC(=O)c4ccccc4)C(O)(C1)C2(C)C)[C@]1(OC(C)=O)CO[C@@H]1C[C@@H]3OC)[C@@H](NC(=O)OC(C)(C)C)c1ccccc1. The third-order valence-corrected chi connectivity index (χ3v) is 12.8.